The van der Waals surface area contributed by atoms with Crippen LogP contribution < -0.4 is 9.46 Å². The zero-order valence-corrected chi connectivity index (χ0v) is 29.7. The largest absolute Gasteiger partial charge is 0.472 e. The fourth-order valence-corrected chi connectivity index (χ4v) is 9.33. The molecule has 2 bridgehead atoms. The normalized spacial score (nSPS) is 29.0. The molecule has 1 aromatic carbocycles. The maximum Gasteiger partial charge on any atom is 0.329 e. The van der Waals surface area contributed by atoms with Crippen LogP contribution in [-0.2, 0) is 38.7 Å². The van der Waals surface area contributed by atoms with E-state index in [1.54, 1.807) is 24.1 Å². The minimum Gasteiger partial charge on any atom is -0.472 e. The monoisotopic (exact) mass is 720 g/mol. The van der Waals surface area contributed by atoms with Gasteiger partial charge in [0.25, 0.3) is 0 Å². The zero-order valence-electron chi connectivity index (χ0n) is 28.9. The highest BCUT2D eigenvalue weighted by Crippen LogP contribution is 2.57. The van der Waals surface area contributed by atoms with Crippen LogP contribution in [-0.4, -0.2) is 95.3 Å². The third-order valence-corrected chi connectivity index (χ3v) is 13.1. The summed E-state index contributed by atoms with van der Waals surface area (Å²) in [5.74, 6) is -2.67. The van der Waals surface area contributed by atoms with E-state index in [0.29, 0.717) is 31.7 Å². The number of benzene rings is 1. The second kappa shape index (κ2) is 13.3. The van der Waals surface area contributed by atoms with Gasteiger partial charge in [-0.15, -0.1) is 6.58 Å². The molecule has 0 radical (unpaired) electrons. The van der Waals surface area contributed by atoms with Crippen molar-refractivity contribution in [1.82, 2.24) is 19.5 Å². The van der Waals surface area contributed by atoms with Crippen molar-refractivity contribution in [2.45, 2.75) is 101 Å². The first kappa shape index (κ1) is 35.1. The third-order valence-electron chi connectivity index (χ3n) is 11.3. The van der Waals surface area contributed by atoms with E-state index < -0.39 is 50.7 Å². The van der Waals surface area contributed by atoms with Gasteiger partial charge in [0.2, 0.25) is 33.6 Å². The Morgan fingerprint density at radius 3 is 2.61 bits per heavy atom. The number of Topliss-reactive ketones (excluding diaryl/α,β-unsaturated/α-hetero) is 1. The van der Waals surface area contributed by atoms with Gasteiger partial charge in [0, 0.05) is 36.8 Å². The summed E-state index contributed by atoms with van der Waals surface area (Å²) >= 11 is 0. The lowest BCUT2D eigenvalue weighted by molar-refractivity contribution is -0.181. The van der Waals surface area contributed by atoms with Crippen LogP contribution in [0.2, 0.25) is 0 Å². The van der Waals surface area contributed by atoms with Crippen LogP contribution in [0.4, 0.5) is 0 Å². The average Bonchev–Trinajstić information content (AvgIpc) is 4.03. The van der Waals surface area contributed by atoms with Crippen LogP contribution in [0.5, 0.6) is 5.88 Å². The molecule has 1 unspecified atom stereocenters. The molecule has 6 fully saturated rings. The summed E-state index contributed by atoms with van der Waals surface area (Å²) in [6.45, 7) is 7.93. The van der Waals surface area contributed by atoms with Crippen LogP contribution >= 0.6 is 0 Å². The number of likely N-dealkylation sites (tertiary alicyclic amines) is 1. The number of carbonyl (C=O) groups excluding carboxylic acids is 5. The number of rotatable bonds is 13. The van der Waals surface area contributed by atoms with E-state index in [2.05, 4.69) is 16.3 Å². The van der Waals surface area contributed by atoms with Crippen molar-refractivity contribution in [3.05, 3.63) is 48.7 Å². The predicted octanol–water partition coefficient (Wildman–Crippen LogP) is 2.98. The molecule has 6 aliphatic rings. The topological polar surface area (TPSA) is 169 Å². The van der Waals surface area contributed by atoms with Crippen LogP contribution in [0.3, 0.4) is 0 Å². The molecule has 2 aromatic rings. The van der Waals surface area contributed by atoms with Crippen LogP contribution in [0.25, 0.3) is 10.8 Å². The molecular weight excluding hydrogens is 676 g/mol. The fraction of sp³-hybridized carbons (Fsp3) is 0.568. The van der Waals surface area contributed by atoms with Gasteiger partial charge in [-0.1, -0.05) is 30.7 Å². The third kappa shape index (κ3) is 6.86. The standard InChI is InChI=1S/C37H44N4O9S/c1-4-24-17-37(24,36(46)39-51(47,48)27-8-9-27)18-31(42)30-16-26(49-33-28-10-5-21(2)15-23(28)13-14-38-33)20-41(30)34(44)22(3)6-12-32(43)40-19-25-7-11-29(40)35(45)50-25/h4-5,10,13-15,22,24-27,29-30H,1,6-9,11-12,16-20H2,2-3H3,(H,39,46)/t22-,24+,25-,26?,29-,30-,37+/m0/s1. The van der Waals surface area contributed by atoms with Gasteiger partial charge in [-0.05, 0) is 68.9 Å². The van der Waals surface area contributed by atoms with Gasteiger partial charge in [0.1, 0.15) is 18.2 Å². The number of pyridine rings is 1. The number of piperidine rings is 1. The summed E-state index contributed by atoms with van der Waals surface area (Å²) in [5.41, 5.74) is -0.194. The molecule has 13 nitrogen and oxygen atoms in total. The summed E-state index contributed by atoms with van der Waals surface area (Å²) < 4.78 is 39.2. The van der Waals surface area contributed by atoms with Crippen molar-refractivity contribution in [3.63, 3.8) is 0 Å². The molecule has 3 amide bonds. The Labute approximate surface area is 297 Å². The number of sulfonamides is 1. The minimum atomic E-state index is -3.84. The number of amides is 3. The molecular formula is C37H44N4O9S. The van der Waals surface area contributed by atoms with Crippen LogP contribution in [0, 0.1) is 24.2 Å². The summed E-state index contributed by atoms with van der Waals surface area (Å²) in [5, 5.41) is 1.12. The highest BCUT2D eigenvalue weighted by molar-refractivity contribution is 7.90. The maximum absolute atomic E-state index is 14.2. The number of hydrogen-bond donors (Lipinski definition) is 1. The van der Waals surface area contributed by atoms with Crippen LogP contribution in [0.1, 0.15) is 70.3 Å². The molecule has 7 atom stereocenters. The van der Waals surface area contributed by atoms with E-state index in [4.69, 9.17) is 9.47 Å². The van der Waals surface area contributed by atoms with Crippen molar-refractivity contribution in [2.75, 3.05) is 13.1 Å². The molecule has 4 saturated heterocycles. The van der Waals surface area contributed by atoms with Gasteiger partial charge in [-0.3, -0.25) is 23.9 Å². The van der Waals surface area contributed by atoms with Gasteiger partial charge < -0.3 is 19.3 Å². The molecule has 14 heteroatoms. The Morgan fingerprint density at radius 2 is 1.92 bits per heavy atom. The first-order valence-corrected chi connectivity index (χ1v) is 19.4. The van der Waals surface area contributed by atoms with Crippen molar-refractivity contribution in [1.29, 1.82) is 0 Å². The Bertz CT molecular complexity index is 1910. The number of aromatic nitrogens is 1. The molecule has 2 saturated carbocycles. The predicted molar refractivity (Wildman–Crippen MR) is 184 cm³/mol. The first-order valence-electron chi connectivity index (χ1n) is 17.8. The quantitative estimate of drug-likeness (QED) is 0.240. The molecule has 272 valence electrons. The van der Waals surface area contributed by atoms with E-state index in [1.807, 2.05) is 31.2 Å². The number of fused-ring (bicyclic) bond motifs is 4. The number of carbonyl (C=O) groups is 5. The van der Waals surface area contributed by atoms with Crippen molar-refractivity contribution >= 4 is 50.3 Å². The molecule has 4 aliphatic heterocycles. The molecule has 51 heavy (non-hydrogen) atoms. The molecule has 1 N–H and O–H groups in total. The molecule has 8 rings (SSSR count). The maximum atomic E-state index is 14.2. The van der Waals surface area contributed by atoms with Crippen LogP contribution in [0.15, 0.2) is 43.1 Å². The Morgan fingerprint density at radius 1 is 1.14 bits per heavy atom. The molecule has 5 heterocycles. The lowest BCUT2D eigenvalue weighted by atomic mass is 9.91. The van der Waals surface area contributed by atoms with Gasteiger partial charge >= 0.3 is 5.97 Å². The Hall–Kier alpha value is -4.33. The van der Waals surface area contributed by atoms with Crippen molar-refractivity contribution < 1.29 is 41.9 Å². The number of nitrogens with one attached hydrogen (secondary N) is 1. The van der Waals surface area contributed by atoms with E-state index >= 15 is 0 Å². The summed E-state index contributed by atoms with van der Waals surface area (Å²) in [6.07, 6.45) is 5.00. The Balaban J connectivity index is 1.08. The minimum absolute atomic E-state index is 0.0505. The number of aryl methyl sites for hydroxylation is 1. The lowest BCUT2D eigenvalue weighted by Gasteiger charge is -2.43. The van der Waals surface area contributed by atoms with Crippen molar-refractivity contribution in [3.8, 4) is 5.88 Å². The van der Waals surface area contributed by atoms with E-state index in [1.165, 1.54) is 4.90 Å². The van der Waals surface area contributed by atoms with Gasteiger partial charge in [-0.2, -0.15) is 0 Å². The van der Waals surface area contributed by atoms with Gasteiger partial charge in [0.15, 0.2) is 5.78 Å². The first-order chi connectivity index (χ1) is 24.3. The number of ketones is 1. The summed E-state index contributed by atoms with van der Waals surface area (Å²) in [4.78, 5) is 74.7. The number of nitrogens with zero attached hydrogens (tertiary/aromatic N) is 3. The Kier molecular flexibility index (Phi) is 9.17. The smallest absolute Gasteiger partial charge is 0.329 e. The highest BCUT2D eigenvalue weighted by Gasteiger charge is 2.61. The van der Waals surface area contributed by atoms with E-state index in [9.17, 15) is 32.4 Å². The number of morpholine rings is 1. The molecule has 0 spiro atoms. The van der Waals surface area contributed by atoms with Gasteiger partial charge in [-0.25, -0.2) is 18.2 Å². The number of allylic oxidation sites excluding steroid dienone is 1. The summed E-state index contributed by atoms with van der Waals surface area (Å²) in [7, 11) is -3.84. The van der Waals surface area contributed by atoms with E-state index in [0.717, 1.165) is 22.8 Å². The summed E-state index contributed by atoms with van der Waals surface area (Å²) in [6, 6.07) is 6.23. The second-order valence-corrected chi connectivity index (χ2v) is 16.9. The molecule has 2 aliphatic carbocycles. The second-order valence-electron chi connectivity index (χ2n) is 15.0. The average molecular weight is 721 g/mol. The highest BCUT2D eigenvalue weighted by atomic mass is 32.2. The number of ether oxygens (including phenoxy) is 2. The SMILES string of the molecule is C=C[C@@H]1C[C@]1(CC(=O)[C@@H]1CC(Oc2nccc3cc(C)ccc23)CN1C(=O)[C@@H](C)CCC(=O)N1C[C@@H]2CC[C@H]1C(=O)O2)C(=O)NS(=O)(=O)C1CC1. The number of hydrogen-bond acceptors (Lipinski definition) is 10. The molecule has 1 aromatic heterocycles. The van der Waals surface area contributed by atoms with Crippen molar-refractivity contribution in [2.24, 2.45) is 17.3 Å². The number of esters is 1. The fourth-order valence-electron chi connectivity index (χ4n) is 7.95. The van der Waals surface area contributed by atoms with E-state index in [-0.39, 0.29) is 74.2 Å². The zero-order chi connectivity index (χ0) is 36.2. The van der Waals surface area contributed by atoms with Gasteiger partial charge in [0.05, 0.1) is 29.8 Å². The lowest BCUT2D eigenvalue weighted by Crippen LogP contribution is -2.59.